The standard InChI is InChI=1S/C27H37N3O6/c1-30(2)19-11-9-18(10-12-19)17-28-29-24(31)22-20-21(34-26(33-20)13-5-3-6-14-26)23-25(32-22)36-27(35-23)15-7-4-8-16-27/h9-12,17,20-23,25H,3-8,13-16H2,1-2H3,(H,29,31)/b28-17+/t20-,21+,22+,23-,25-/m1/s1. The molecule has 5 fully saturated rings. The lowest BCUT2D eigenvalue weighted by molar-refractivity contribution is -0.247. The number of rotatable bonds is 4. The van der Waals surface area contributed by atoms with Crippen molar-refractivity contribution in [2.24, 2.45) is 5.10 Å². The van der Waals surface area contributed by atoms with Gasteiger partial charge in [0.2, 0.25) is 0 Å². The fourth-order valence-electron chi connectivity index (χ4n) is 6.26. The van der Waals surface area contributed by atoms with Crippen molar-refractivity contribution in [3.05, 3.63) is 29.8 Å². The lowest BCUT2D eigenvalue weighted by Gasteiger charge is -2.36. The fraction of sp³-hybridized carbons (Fsp3) is 0.704. The summed E-state index contributed by atoms with van der Waals surface area (Å²) in [7, 11) is 3.99. The van der Waals surface area contributed by atoms with Gasteiger partial charge in [0.1, 0.15) is 18.3 Å². The number of hydrogen-bond donors (Lipinski definition) is 1. The van der Waals surface area contributed by atoms with Crippen LogP contribution in [0.25, 0.3) is 0 Å². The molecule has 5 aliphatic rings. The monoisotopic (exact) mass is 499 g/mol. The molecule has 1 N–H and O–H groups in total. The van der Waals surface area contributed by atoms with Gasteiger partial charge in [0.25, 0.3) is 5.91 Å². The number of nitrogens with one attached hydrogen (secondary N) is 1. The smallest absolute Gasteiger partial charge is 0.272 e. The van der Waals surface area contributed by atoms with Gasteiger partial charge in [-0.1, -0.05) is 25.0 Å². The molecule has 3 aliphatic heterocycles. The van der Waals surface area contributed by atoms with Crippen molar-refractivity contribution in [3.8, 4) is 0 Å². The van der Waals surface area contributed by atoms with Gasteiger partial charge in [-0.2, -0.15) is 5.10 Å². The number of benzene rings is 1. The maximum Gasteiger partial charge on any atom is 0.272 e. The van der Waals surface area contributed by atoms with Crippen molar-refractivity contribution >= 4 is 17.8 Å². The highest BCUT2D eigenvalue weighted by Crippen LogP contribution is 2.50. The van der Waals surface area contributed by atoms with Crippen molar-refractivity contribution < 1.29 is 28.5 Å². The van der Waals surface area contributed by atoms with Crippen LogP contribution in [0.3, 0.4) is 0 Å². The van der Waals surface area contributed by atoms with Crippen molar-refractivity contribution in [1.29, 1.82) is 0 Å². The Morgan fingerprint density at radius 2 is 1.44 bits per heavy atom. The van der Waals surface area contributed by atoms with Crippen LogP contribution in [0.1, 0.15) is 69.8 Å². The molecule has 0 radical (unpaired) electrons. The van der Waals surface area contributed by atoms with E-state index in [1.165, 1.54) is 12.8 Å². The van der Waals surface area contributed by atoms with Gasteiger partial charge >= 0.3 is 0 Å². The number of hydrazone groups is 1. The Balaban J connectivity index is 1.19. The molecule has 2 aliphatic carbocycles. The molecular formula is C27H37N3O6. The second-order valence-electron chi connectivity index (χ2n) is 11.0. The molecule has 2 saturated carbocycles. The van der Waals surface area contributed by atoms with Crippen molar-refractivity contribution in [1.82, 2.24) is 5.43 Å². The SMILES string of the molecule is CN(C)c1ccc(/C=N/NC(=O)[C@H]2O[C@@H]3OC4(CCCCC4)O[C@@H]3[C@H]3OC4(CCCCC4)O[C@H]32)cc1. The number of anilines is 1. The fourth-order valence-corrected chi connectivity index (χ4v) is 6.26. The van der Waals surface area contributed by atoms with Crippen LogP contribution in [-0.2, 0) is 28.5 Å². The number of ether oxygens (including phenoxy) is 5. The molecule has 0 aromatic heterocycles. The summed E-state index contributed by atoms with van der Waals surface area (Å²) in [4.78, 5) is 15.3. The van der Waals surface area contributed by atoms with Crippen LogP contribution in [0.5, 0.6) is 0 Å². The average molecular weight is 500 g/mol. The van der Waals surface area contributed by atoms with Crippen molar-refractivity contribution in [2.45, 2.75) is 106 Å². The zero-order chi connectivity index (χ0) is 24.8. The van der Waals surface area contributed by atoms with E-state index in [1.807, 2.05) is 43.3 Å². The Morgan fingerprint density at radius 1 is 0.861 bits per heavy atom. The number of nitrogens with zero attached hydrogens (tertiary/aromatic N) is 2. The first kappa shape index (κ1) is 24.3. The molecule has 36 heavy (non-hydrogen) atoms. The molecule has 5 atom stereocenters. The quantitative estimate of drug-likeness (QED) is 0.501. The van der Waals surface area contributed by atoms with Crippen molar-refractivity contribution in [3.63, 3.8) is 0 Å². The number of carbonyl (C=O) groups is 1. The molecular weight excluding hydrogens is 462 g/mol. The van der Waals surface area contributed by atoms with E-state index < -0.39 is 42.3 Å². The zero-order valence-electron chi connectivity index (χ0n) is 21.2. The Morgan fingerprint density at radius 3 is 2.08 bits per heavy atom. The summed E-state index contributed by atoms with van der Waals surface area (Å²) in [5.74, 6) is -1.69. The lowest BCUT2D eigenvalue weighted by atomic mass is 9.94. The van der Waals surface area contributed by atoms with Crippen LogP contribution in [0.2, 0.25) is 0 Å². The number of carbonyl (C=O) groups excluding carboxylic acids is 1. The third-order valence-electron chi connectivity index (χ3n) is 8.17. The second-order valence-corrected chi connectivity index (χ2v) is 11.0. The third-order valence-corrected chi connectivity index (χ3v) is 8.17. The summed E-state index contributed by atoms with van der Waals surface area (Å²) in [6, 6.07) is 7.92. The normalized spacial score (nSPS) is 34.6. The molecule has 1 amide bonds. The van der Waals surface area contributed by atoms with Crippen LogP contribution in [0, 0.1) is 0 Å². The molecule has 1 aromatic carbocycles. The van der Waals surface area contributed by atoms with Crippen LogP contribution in [0.15, 0.2) is 29.4 Å². The molecule has 9 heteroatoms. The van der Waals surface area contributed by atoms with Gasteiger partial charge in [0, 0.05) is 45.5 Å². The highest BCUT2D eigenvalue weighted by atomic mass is 16.9. The van der Waals surface area contributed by atoms with Gasteiger partial charge in [-0.05, 0) is 43.4 Å². The largest absolute Gasteiger partial charge is 0.378 e. The van der Waals surface area contributed by atoms with E-state index >= 15 is 0 Å². The maximum atomic E-state index is 13.3. The first-order chi connectivity index (χ1) is 17.5. The molecule has 3 heterocycles. The third kappa shape index (κ3) is 4.56. The van der Waals surface area contributed by atoms with Gasteiger partial charge in [0.05, 0.1) is 6.21 Å². The van der Waals surface area contributed by atoms with Crippen LogP contribution in [0.4, 0.5) is 5.69 Å². The summed E-state index contributed by atoms with van der Waals surface area (Å²) >= 11 is 0. The zero-order valence-corrected chi connectivity index (χ0v) is 21.2. The summed E-state index contributed by atoms with van der Waals surface area (Å²) in [6.45, 7) is 0. The van der Waals surface area contributed by atoms with Gasteiger partial charge in [-0.25, -0.2) is 5.43 Å². The Hall–Kier alpha value is -2.04. The summed E-state index contributed by atoms with van der Waals surface area (Å²) < 4.78 is 32.2. The van der Waals surface area contributed by atoms with E-state index in [2.05, 4.69) is 10.5 Å². The number of amides is 1. The second kappa shape index (κ2) is 9.68. The maximum absolute atomic E-state index is 13.3. The molecule has 3 saturated heterocycles. The van der Waals surface area contributed by atoms with Gasteiger partial charge < -0.3 is 28.6 Å². The first-order valence-electron chi connectivity index (χ1n) is 13.4. The highest BCUT2D eigenvalue weighted by molar-refractivity contribution is 5.85. The predicted octanol–water partition coefficient (Wildman–Crippen LogP) is 3.45. The lowest BCUT2D eigenvalue weighted by Crippen LogP contribution is -2.59. The number of fused-ring (bicyclic) bond motifs is 3. The number of hydrogen-bond acceptors (Lipinski definition) is 8. The van der Waals surface area contributed by atoms with Crippen LogP contribution < -0.4 is 10.3 Å². The molecule has 9 nitrogen and oxygen atoms in total. The first-order valence-corrected chi connectivity index (χ1v) is 13.4. The summed E-state index contributed by atoms with van der Waals surface area (Å²) in [5.41, 5.74) is 4.64. The van der Waals surface area contributed by atoms with E-state index in [4.69, 9.17) is 23.7 Å². The van der Waals surface area contributed by atoms with Gasteiger partial charge in [0.15, 0.2) is 24.0 Å². The minimum atomic E-state index is -0.895. The molecule has 0 bridgehead atoms. The van der Waals surface area contributed by atoms with E-state index in [-0.39, 0.29) is 5.91 Å². The predicted molar refractivity (Wildman–Crippen MR) is 133 cm³/mol. The van der Waals surface area contributed by atoms with E-state index in [9.17, 15) is 4.79 Å². The van der Waals surface area contributed by atoms with Gasteiger partial charge in [-0.15, -0.1) is 0 Å². The minimum Gasteiger partial charge on any atom is -0.378 e. The molecule has 196 valence electrons. The van der Waals surface area contributed by atoms with Gasteiger partial charge in [-0.3, -0.25) is 4.79 Å². The Labute approximate surface area is 212 Å². The Kier molecular flexibility index (Phi) is 6.54. The Bertz CT molecular complexity index is 970. The molecule has 0 unspecified atom stereocenters. The van der Waals surface area contributed by atoms with E-state index in [1.54, 1.807) is 6.21 Å². The molecule has 2 spiro atoms. The summed E-state index contributed by atoms with van der Waals surface area (Å²) in [5, 5.41) is 4.19. The van der Waals surface area contributed by atoms with Crippen LogP contribution in [-0.4, -0.2) is 68.5 Å². The highest BCUT2D eigenvalue weighted by Gasteiger charge is 2.65. The van der Waals surface area contributed by atoms with Crippen LogP contribution >= 0.6 is 0 Å². The topological polar surface area (TPSA) is 90.9 Å². The molecule has 1 aromatic rings. The van der Waals surface area contributed by atoms with E-state index in [0.717, 1.165) is 62.6 Å². The average Bonchev–Trinajstić information content (AvgIpc) is 3.42. The minimum absolute atomic E-state index is 0.366. The van der Waals surface area contributed by atoms with Crippen molar-refractivity contribution in [2.75, 3.05) is 19.0 Å². The molecule has 6 rings (SSSR count). The van der Waals surface area contributed by atoms with E-state index in [0.29, 0.717) is 0 Å². The summed E-state index contributed by atoms with van der Waals surface area (Å²) in [6.07, 6.45) is 8.54.